The maximum atomic E-state index is 11.6. The molecule has 17 heavy (non-hydrogen) atoms. The van der Waals surface area contributed by atoms with E-state index in [2.05, 4.69) is 32.7 Å². The molecule has 0 saturated heterocycles. The fourth-order valence-electron chi connectivity index (χ4n) is 0.936. The molecule has 1 rings (SSSR count). The second-order valence-corrected chi connectivity index (χ2v) is 6.82. The summed E-state index contributed by atoms with van der Waals surface area (Å²) in [7, 11) is 0. The Balaban J connectivity index is 0.000000437. The van der Waals surface area contributed by atoms with Crippen molar-refractivity contribution < 1.29 is 4.79 Å². The Morgan fingerprint density at radius 3 is 1.59 bits per heavy atom. The summed E-state index contributed by atoms with van der Waals surface area (Å²) in [5.41, 5.74) is 0.930. The monoisotopic (exact) mass is 235 g/mol. The van der Waals surface area contributed by atoms with E-state index in [1.165, 1.54) is 0 Å². The zero-order valence-electron chi connectivity index (χ0n) is 12.2. The number of hydrogen-bond acceptors (Lipinski definition) is 2. The average molecular weight is 235 g/mol. The maximum absolute atomic E-state index is 11.6. The van der Waals surface area contributed by atoms with E-state index in [0.29, 0.717) is 5.41 Å². The highest BCUT2D eigenvalue weighted by atomic mass is 16.1. The van der Waals surface area contributed by atoms with E-state index >= 15 is 0 Å². The van der Waals surface area contributed by atoms with Crippen LogP contribution in [0, 0.1) is 10.8 Å². The molecule has 0 aliphatic carbocycles. The summed E-state index contributed by atoms with van der Waals surface area (Å²) >= 11 is 0. The Hall–Kier alpha value is -1.18. The Morgan fingerprint density at radius 1 is 0.941 bits per heavy atom. The van der Waals surface area contributed by atoms with E-state index in [1.807, 2.05) is 20.8 Å². The van der Waals surface area contributed by atoms with Crippen molar-refractivity contribution in [2.75, 3.05) is 0 Å². The molecule has 2 heteroatoms. The molecule has 0 radical (unpaired) electrons. The average Bonchev–Trinajstić information content (AvgIpc) is 2.14. The predicted octanol–water partition coefficient (Wildman–Crippen LogP) is 4.36. The number of rotatable bonds is 1. The van der Waals surface area contributed by atoms with Gasteiger partial charge in [0.2, 0.25) is 0 Å². The van der Waals surface area contributed by atoms with Crippen LogP contribution in [-0.2, 0) is 0 Å². The minimum Gasteiger partial charge on any atom is -0.294 e. The van der Waals surface area contributed by atoms with Crippen molar-refractivity contribution in [3.05, 3.63) is 30.1 Å². The number of pyridine rings is 1. The lowest BCUT2D eigenvalue weighted by Crippen LogP contribution is -2.19. The van der Waals surface area contributed by atoms with E-state index in [0.717, 1.165) is 5.56 Å². The molecule has 0 spiro atoms. The summed E-state index contributed by atoms with van der Waals surface area (Å²) in [5, 5.41) is 0. The molecule has 0 bridgehead atoms. The van der Waals surface area contributed by atoms with Gasteiger partial charge < -0.3 is 0 Å². The van der Waals surface area contributed by atoms with E-state index in [9.17, 15) is 4.79 Å². The molecular formula is C15H25NO. The number of carbonyl (C=O) groups excluding carboxylic acids is 1. The smallest absolute Gasteiger partial charge is 0.168 e. The van der Waals surface area contributed by atoms with Crippen LogP contribution in [-0.4, -0.2) is 10.8 Å². The fourth-order valence-corrected chi connectivity index (χ4v) is 0.936. The van der Waals surface area contributed by atoms with Crippen LogP contribution in [0.2, 0.25) is 0 Å². The van der Waals surface area contributed by atoms with Crippen molar-refractivity contribution in [3.63, 3.8) is 0 Å². The van der Waals surface area contributed by atoms with Crippen LogP contribution < -0.4 is 0 Å². The first-order chi connectivity index (χ1) is 7.52. The zero-order valence-corrected chi connectivity index (χ0v) is 12.2. The zero-order chi connectivity index (χ0) is 13.7. The number of aromatic nitrogens is 1. The summed E-state index contributed by atoms with van der Waals surface area (Å²) in [6.45, 7) is 14.5. The molecule has 0 aliphatic heterocycles. The van der Waals surface area contributed by atoms with Gasteiger partial charge in [-0.15, -0.1) is 0 Å². The molecule has 2 nitrogen and oxygen atoms in total. The number of ketones is 1. The molecule has 0 fully saturated rings. The van der Waals surface area contributed by atoms with Crippen molar-refractivity contribution in [1.82, 2.24) is 4.98 Å². The lowest BCUT2D eigenvalue weighted by atomic mass is 9.87. The molecule has 0 aromatic carbocycles. The van der Waals surface area contributed by atoms with Crippen molar-refractivity contribution in [1.29, 1.82) is 0 Å². The normalized spacial score (nSPS) is 11.5. The summed E-state index contributed by atoms with van der Waals surface area (Å²) in [4.78, 5) is 15.5. The molecule has 1 heterocycles. The second-order valence-electron chi connectivity index (χ2n) is 6.82. The molecule has 0 saturated carbocycles. The van der Waals surface area contributed by atoms with Crippen molar-refractivity contribution in [2.24, 2.45) is 10.8 Å². The Labute approximate surface area is 105 Å². The highest BCUT2D eigenvalue weighted by Crippen LogP contribution is 2.19. The molecule has 0 unspecified atom stereocenters. The van der Waals surface area contributed by atoms with Gasteiger partial charge in [0.15, 0.2) is 5.78 Å². The van der Waals surface area contributed by atoms with Gasteiger partial charge in [-0.05, 0) is 17.5 Å². The van der Waals surface area contributed by atoms with Crippen molar-refractivity contribution in [2.45, 2.75) is 48.5 Å². The summed E-state index contributed by atoms with van der Waals surface area (Å²) in [6.07, 6.45) is 3.28. The van der Waals surface area contributed by atoms with Gasteiger partial charge in [-0.25, -0.2) is 0 Å². The topological polar surface area (TPSA) is 30.0 Å². The van der Waals surface area contributed by atoms with E-state index in [4.69, 9.17) is 0 Å². The van der Waals surface area contributed by atoms with E-state index in [-0.39, 0.29) is 11.2 Å². The standard InChI is InChI=1S/C10H13NO.C5H12/c1-10(2,3)9(12)8-4-6-11-7-5-8;1-5(2,3)4/h4-7H,1-3H3;1-4H3. The van der Waals surface area contributed by atoms with Gasteiger partial charge in [0, 0.05) is 23.4 Å². The third kappa shape index (κ3) is 8.61. The highest BCUT2D eigenvalue weighted by Gasteiger charge is 2.22. The first-order valence-corrected chi connectivity index (χ1v) is 5.96. The number of carbonyl (C=O) groups is 1. The Kier molecular flexibility index (Phi) is 5.53. The molecule has 0 aliphatic rings. The summed E-state index contributed by atoms with van der Waals surface area (Å²) in [5.74, 6) is 0.157. The third-order valence-corrected chi connectivity index (χ3v) is 1.62. The molecule has 0 amide bonds. The second kappa shape index (κ2) is 5.95. The van der Waals surface area contributed by atoms with Gasteiger partial charge in [-0.1, -0.05) is 48.5 Å². The van der Waals surface area contributed by atoms with Gasteiger partial charge in [-0.3, -0.25) is 9.78 Å². The maximum Gasteiger partial charge on any atom is 0.168 e. The van der Waals surface area contributed by atoms with E-state index < -0.39 is 0 Å². The predicted molar refractivity (Wildman–Crippen MR) is 73.2 cm³/mol. The highest BCUT2D eigenvalue weighted by molar-refractivity contribution is 5.99. The minimum absolute atomic E-state index is 0.157. The number of Topliss-reactive ketones (excluding diaryl/α,β-unsaturated/α-hetero) is 1. The fraction of sp³-hybridized carbons (Fsp3) is 0.600. The largest absolute Gasteiger partial charge is 0.294 e. The molecule has 1 aromatic rings. The Bertz CT molecular complexity index is 335. The molecule has 0 N–H and O–H groups in total. The lowest BCUT2D eigenvalue weighted by molar-refractivity contribution is 0.0858. The third-order valence-electron chi connectivity index (χ3n) is 1.62. The Morgan fingerprint density at radius 2 is 1.29 bits per heavy atom. The summed E-state index contributed by atoms with van der Waals surface area (Å²) < 4.78 is 0. The SMILES string of the molecule is CC(C)(C)C.CC(C)(C)C(=O)c1ccncc1. The quantitative estimate of drug-likeness (QED) is 0.677. The first-order valence-electron chi connectivity index (χ1n) is 5.96. The number of hydrogen-bond donors (Lipinski definition) is 0. The van der Waals surface area contributed by atoms with Gasteiger partial charge >= 0.3 is 0 Å². The van der Waals surface area contributed by atoms with Crippen LogP contribution in [0.5, 0.6) is 0 Å². The minimum atomic E-state index is -0.304. The molecular weight excluding hydrogens is 210 g/mol. The summed E-state index contributed by atoms with van der Waals surface area (Å²) in [6, 6.07) is 3.49. The number of nitrogens with zero attached hydrogens (tertiary/aromatic N) is 1. The van der Waals surface area contributed by atoms with Gasteiger partial charge in [0.05, 0.1) is 0 Å². The van der Waals surface area contributed by atoms with Crippen LogP contribution in [0.15, 0.2) is 24.5 Å². The van der Waals surface area contributed by atoms with E-state index in [1.54, 1.807) is 24.5 Å². The van der Waals surface area contributed by atoms with Crippen LogP contribution in [0.3, 0.4) is 0 Å². The van der Waals surface area contributed by atoms with Crippen molar-refractivity contribution >= 4 is 5.78 Å². The lowest BCUT2D eigenvalue weighted by Gasteiger charge is -2.15. The van der Waals surface area contributed by atoms with Gasteiger partial charge in [-0.2, -0.15) is 0 Å². The molecule has 96 valence electrons. The first kappa shape index (κ1) is 15.8. The molecule has 0 atom stereocenters. The van der Waals surface area contributed by atoms with Crippen LogP contribution in [0.25, 0.3) is 0 Å². The van der Waals surface area contributed by atoms with Crippen molar-refractivity contribution in [3.8, 4) is 0 Å². The van der Waals surface area contributed by atoms with Crippen LogP contribution >= 0.6 is 0 Å². The van der Waals surface area contributed by atoms with Gasteiger partial charge in [0.25, 0.3) is 0 Å². The van der Waals surface area contributed by atoms with Gasteiger partial charge in [0.1, 0.15) is 0 Å². The van der Waals surface area contributed by atoms with Crippen LogP contribution in [0.1, 0.15) is 58.8 Å². The van der Waals surface area contributed by atoms with Crippen LogP contribution in [0.4, 0.5) is 0 Å². The molecule has 1 aromatic heterocycles.